The summed E-state index contributed by atoms with van der Waals surface area (Å²) in [5, 5.41) is 0. The predicted octanol–water partition coefficient (Wildman–Crippen LogP) is 8.80. The number of rotatable bonds is 7. The molecule has 2 aliphatic rings. The second-order valence-corrected chi connectivity index (χ2v) is 12.0. The lowest BCUT2D eigenvalue weighted by Gasteiger charge is -2.44. The van der Waals surface area contributed by atoms with Crippen LogP contribution in [0, 0.1) is 11.8 Å². The van der Waals surface area contributed by atoms with E-state index in [2.05, 4.69) is 0 Å². The molecule has 5 nitrogen and oxygen atoms in total. The molecule has 1 fully saturated rings. The fraction of sp³-hybridized carbons (Fsp3) is 0.562. The van der Waals surface area contributed by atoms with Gasteiger partial charge in [-0.05, 0) is 98.9 Å². The smallest absolute Gasteiger partial charge is 0.416 e. The summed E-state index contributed by atoms with van der Waals surface area (Å²) in [6.07, 6.45) is -12.7. The number of nitrogens with zero attached hydrogens (tertiary/aromatic N) is 1. The molecule has 0 spiro atoms. The molecule has 1 saturated carbocycles. The molecule has 1 aliphatic heterocycles. The Labute approximate surface area is 260 Å². The first-order valence-electron chi connectivity index (χ1n) is 15.1. The molecular weight excluding hydrogens is 631 g/mol. The predicted molar refractivity (Wildman–Crippen MR) is 150 cm³/mol. The Morgan fingerprint density at radius 2 is 1.41 bits per heavy atom. The van der Waals surface area contributed by atoms with Crippen molar-refractivity contribution in [1.29, 1.82) is 0 Å². The highest BCUT2D eigenvalue weighted by atomic mass is 19.4. The van der Waals surface area contributed by atoms with Gasteiger partial charge in [0, 0.05) is 36.0 Å². The summed E-state index contributed by atoms with van der Waals surface area (Å²) in [4.78, 5) is 27.3. The van der Waals surface area contributed by atoms with Crippen LogP contribution >= 0.6 is 0 Å². The molecule has 4 rings (SSSR count). The van der Waals surface area contributed by atoms with Gasteiger partial charge in [-0.15, -0.1) is 0 Å². The Morgan fingerprint density at radius 1 is 0.848 bits per heavy atom. The Hall–Kier alpha value is -3.29. The van der Waals surface area contributed by atoms with Crippen molar-refractivity contribution in [2.24, 2.45) is 17.6 Å². The number of carbonyl (C=O) groups excluding carboxylic acids is 2. The standard InChI is InChI=1S/C32H35F9N2O3/c1-3-23-16-25(28(42)19-12-21(31(36,37)38)14-22(13-19)32(39,40)41)24-15-20(30(33,34)35)9-10-26(24)43(23)29(45)18-7-5-17(6-8-18)11-27(44)46-4-2/h9-10,12-15,17-18,23,25,28H,3-8,11,16,42H2,1-2H3. The summed E-state index contributed by atoms with van der Waals surface area (Å²) >= 11 is 0. The van der Waals surface area contributed by atoms with Crippen molar-refractivity contribution < 1.29 is 53.8 Å². The Bertz CT molecular complexity index is 1380. The maximum Gasteiger partial charge on any atom is 0.416 e. The third-order valence-electron chi connectivity index (χ3n) is 9.00. The number of nitrogens with two attached hydrogens (primary N) is 1. The van der Waals surface area contributed by atoms with Crippen molar-refractivity contribution in [1.82, 2.24) is 0 Å². The number of hydrogen-bond donors (Lipinski definition) is 1. The molecule has 3 atom stereocenters. The molecule has 0 radical (unpaired) electrons. The van der Waals surface area contributed by atoms with Crippen molar-refractivity contribution in [2.45, 2.75) is 95.3 Å². The van der Waals surface area contributed by atoms with Crippen LogP contribution in [0.2, 0.25) is 0 Å². The lowest BCUT2D eigenvalue weighted by molar-refractivity contribution is -0.145. The fourth-order valence-electron chi connectivity index (χ4n) is 6.63. The van der Waals surface area contributed by atoms with Gasteiger partial charge in [-0.25, -0.2) is 0 Å². The van der Waals surface area contributed by atoms with Gasteiger partial charge in [0.2, 0.25) is 5.91 Å². The maximum atomic E-state index is 14.0. The quantitative estimate of drug-likeness (QED) is 0.237. The summed E-state index contributed by atoms with van der Waals surface area (Å²) < 4.78 is 128. The molecule has 0 bridgehead atoms. The van der Waals surface area contributed by atoms with E-state index in [9.17, 15) is 49.1 Å². The van der Waals surface area contributed by atoms with E-state index in [-0.39, 0.29) is 54.6 Å². The zero-order chi connectivity index (χ0) is 34.2. The van der Waals surface area contributed by atoms with Gasteiger partial charge in [0.25, 0.3) is 0 Å². The van der Waals surface area contributed by atoms with Gasteiger partial charge in [0.1, 0.15) is 0 Å². The number of halogens is 9. The zero-order valence-electron chi connectivity index (χ0n) is 25.2. The largest absolute Gasteiger partial charge is 0.466 e. The first kappa shape index (κ1) is 35.6. The van der Waals surface area contributed by atoms with Gasteiger partial charge in [-0.3, -0.25) is 9.59 Å². The van der Waals surface area contributed by atoms with Crippen molar-refractivity contribution in [3.63, 3.8) is 0 Å². The van der Waals surface area contributed by atoms with Crippen LogP contribution in [0.25, 0.3) is 0 Å². The number of carbonyl (C=O) groups is 2. The summed E-state index contributed by atoms with van der Waals surface area (Å²) in [7, 11) is 0. The normalized spacial score (nSPS) is 23.1. The van der Waals surface area contributed by atoms with Gasteiger partial charge < -0.3 is 15.4 Å². The molecule has 1 amide bonds. The van der Waals surface area contributed by atoms with Crippen molar-refractivity contribution in [3.8, 4) is 0 Å². The van der Waals surface area contributed by atoms with E-state index in [1.54, 1.807) is 13.8 Å². The lowest BCUT2D eigenvalue weighted by Crippen LogP contribution is -2.49. The minimum atomic E-state index is -5.14. The number of anilines is 1. The molecular formula is C32H35F9N2O3. The summed E-state index contributed by atoms with van der Waals surface area (Å²) in [5.41, 5.74) is 1.57. The van der Waals surface area contributed by atoms with E-state index in [1.165, 1.54) is 4.90 Å². The lowest BCUT2D eigenvalue weighted by atomic mass is 9.75. The Morgan fingerprint density at radius 3 is 1.91 bits per heavy atom. The molecule has 2 aromatic rings. The van der Waals surface area contributed by atoms with Crippen LogP contribution < -0.4 is 10.6 Å². The Balaban J connectivity index is 1.73. The van der Waals surface area contributed by atoms with E-state index in [0.717, 1.165) is 18.2 Å². The number of alkyl halides is 9. The molecule has 3 unspecified atom stereocenters. The van der Waals surface area contributed by atoms with Crippen LogP contribution in [0.15, 0.2) is 36.4 Å². The zero-order valence-corrected chi connectivity index (χ0v) is 25.2. The molecule has 1 aliphatic carbocycles. The molecule has 46 heavy (non-hydrogen) atoms. The van der Waals surface area contributed by atoms with Gasteiger partial charge >= 0.3 is 24.5 Å². The van der Waals surface area contributed by atoms with E-state index in [4.69, 9.17) is 10.5 Å². The molecule has 0 saturated heterocycles. The van der Waals surface area contributed by atoms with Crippen LogP contribution in [-0.2, 0) is 32.9 Å². The van der Waals surface area contributed by atoms with Crippen LogP contribution in [0.5, 0.6) is 0 Å². The minimum Gasteiger partial charge on any atom is -0.466 e. The summed E-state index contributed by atoms with van der Waals surface area (Å²) in [6, 6.07) is 1.43. The fourth-order valence-corrected chi connectivity index (χ4v) is 6.63. The van der Waals surface area contributed by atoms with E-state index in [1.807, 2.05) is 0 Å². The average Bonchev–Trinajstić information content (AvgIpc) is 2.98. The van der Waals surface area contributed by atoms with E-state index >= 15 is 0 Å². The summed E-state index contributed by atoms with van der Waals surface area (Å²) in [5.74, 6) is -2.29. The molecule has 0 aromatic heterocycles. The molecule has 254 valence electrons. The van der Waals surface area contributed by atoms with Crippen LogP contribution in [0.3, 0.4) is 0 Å². The first-order valence-corrected chi connectivity index (χ1v) is 15.1. The third-order valence-corrected chi connectivity index (χ3v) is 9.00. The maximum absolute atomic E-state index is 14.0. The molecule has 2 N–H and O–H groups in total. The highest BCUT2D eigenvalue weighted by molar-refractivity contribution is 5.97. The van der Waals surface area contributed by atoms with Crippen molar-refractivity contribution in [3.05, 3.63) is 64.2 Å². The number of fused-ring (bicyclic) bond motifs is 1. The second-order valence-electron chi connectivity index (χ2n) is 12.0. The number of ether oxygens (including phenoxy) is 1. The van der Waals surface area contributed by atoms with Gasteiger partial charge in [-0.1, -0.05) is 6.92 Å². The first-order chi connectivity index (χ1) is 21.3. The highest BCUT2D eigenvalue weighted by Gasteiger charge is 2.44. The number of benzene rings is 2. The number of esters is 1. The minimum absolute atomic E-state index is 0.0180. The van der Waals surface area contributed by atoms with Gasteiger partial charge in [0.05, 0.1) is 23.3 Å². The SMILES string of the molecule is CCOC(=O)CC1CCC(C(=O)N2c3ccc(C(F)(F)F)cc3C(C(N)c3cc(C(F)(F)F)cc(C(F)(F)F)c3)CC2CC)CC1. The van der Waals surface area contributed by atoms with Gasteiger partial charge in [0.15, 0.2) is 0 Å². The second kappa shape index (κ2) is 13.4. The highest BCUT2D eigenvalue weighted by Crippen LogP contribution is 2.49. The third kappa shape index (κ3) is 7.80. The number of amides is 1. The van der Waals surface area contributed by atoms with Crippen molar-refractivity contribution >= 4 is 17.6 Å². The van der Waals surface area contributed by atoms with E-state index in [0.29, 0.717) is 44.2 Å². The number of hydrogen-bond acceptors (Lipinski definition) is 4. The Kier molecular flexibility index (Phi) is 10.4. The molecule has 2 aromatic carbocycles. The van der Waals surface area contributed by atoms with Crippen LogP contribution in [0.1, 0.15) is 98.6 Å². The van der Waals surface area contributed by atoms with Crippen LogP contribution in [-0.4, -0.2) is 24.5 Å². The average molecular weight is 667 g/mol. The summed E-state index contributed by atoms with van der Waals surface area (Å²) in [6.45, 7) is 3.67. The van der Waals surface area contributed by atoms with Crippen molar-refractivity contribution in [2.75, 3.05) is 11.5 Å². The molecule has 1 heterocycles. The topological polar surface area (TPSA) is 72.6 Å². The molecule has 14 heteroatoms. The van der Waals surface area contributed by atoms with Gasteiger partial charge in [-0.2, -0.15) is 39.5 Å². The monoisotopic (exact) mass is 666 g/mol. The van der Waals surface area contributed by atoms with E-state index < -0.39 is 64.7 Å². The van der Waals surface area contributed by atoms with Crippen LogP contribution in [0.4, 0.5) is 45.2 Å².